The minimum Gasteiger partial charge on any atom is -0.379 e. The number of methoxy groups -OCH3 is 2. The number of carbonyl (C=O) groups is 7. The van der Waals surface area contributed by atoms with Gasteiger partial charge in [0.25, 0.3) is 11.8 Å². The molecule has 23 heteroatoms. The van der Waals surface area contributed by atoms with Crippen molar-refractivity contribution in [2.24, 2.45) is 23.7 Å². The van der Waals surface area contributed by atoms with Crippen LogP contribution in [0.5, 0.6) is 0 Å². The Morgan fingerprint density at radius 2 is 1.47 bits per heavy atom. The summed E-state index contributed by atoms with van der Waals surface area (Å²) >= 11 is 3.39. The van der Waals surface area contributed by atoms with Crippen molar-refractivity contribution >= 4 is 75.9 Å². The maximum absolute atomic E-state index is 14.8. The monoisotopic (exact) mass is 1260 g/mol. The number of hydrogen-bond acceptors (Lipinski definition) is 16. The molecule has 1 aliphatic rings. The Morgan fingerprint density at radius 3 is 2.08 bits per heavy atom. The quantitative estimate of drug-likeness (QED) is 0.0145. The highest BCUT2D eigenvalue weighted by Gasteiger charge is 2.43. The van der Waals surface area contributed by atoms with Crippen molar-refractivity contribution in [1.29, 1.82) is 0 Å². The normalized spacial score (nSPS) is 16.2. The van der Waals surface area contributed by atoms with E-state index in [1.54, 1.807) is 72.0 Å². The summed E-state index contributed by atoms with van der Waals surface area (Å²) in [5.74, 6) is -1.64. The second-order valence-electron chi connectivity index (χ2n) is 23.7. The van der Waals surface area contributed by atoms with E-state index in [9.17, 15) is 33.6 Å². The molecule has 21 nitrogen and oxygen atoms in total. The molecule has 0 unspecified atom stereocenters. The first kappa shape index (κ1) is 74.8. The van der Waals surface area contributed by atoms with Crippen molar-refractivity contribution in [1.82, 2.24) is 51.4 Å². The van der Waals surface area contributed by atoms with Gasteiger partial charge in [-0.1, -0.05) is 104 Å². The van der Waals surface area contributed by atoms with Crippen LogP contribution in [0.4, 0.5) is 0 Å². The van der Waals surface area contributed by atoms with Gasteiger partial charge in [-0.25, -0.2) is 15.4 Å². The van der Waals surface area contributed by atoms with Gasteiger partial charge in [-0.3, -0.25) is 43.7 Å². The summed E-state index contributed by atoms with van der Waals surface area (Å²) < 4.78 is 17.8. The SMILES string of the molecule is CC[C@H](C)[C@@H]([C@@H](CC(=O)N1CCC[C@H]1[C@H](OC)[C@@H](C)C(=O)N[C@H](/C=C/C(=O)NO)Cc1ccccc1)OC)N(C)C(=O)[C@@H](NC(=O)[C@H](C(C)C)N(C)CCCCCCC(=O)NCCOCCNC(=O)c1ccc2nc(CSC)c(CSC)nc2c1)C(C)C. The molecule has 1 aromatic heterocycles. The second-order valence-corrected chi connectivity index (χ2v) is 25.4. The van der Waals surface area contributed by atoms with Crippen LogP contribution in [0.1, 0.15) is 134 Å². The maximum atomic E-state index is 14.8. The Balaban J connectivity index is 1.24. The van der Waals surface area contributed by atoms with Crippen molar-refractivity contribution in [2.75, 3.05) is 80.2 Å². The van der Waals surface area contributed by atoms with Crippen LogP contribution in [0.3, 0.4) is 0 Å². The van der Waals surface area contributed by atoms with E-state index in [0.717, 1.165) is 65.7 Å². The van der Waals surface area contributed by atoms with Crippen LogP contribution < -0.4 is 26.7 Å². The standard InChI is InChI=1S/C65H102N10O11S2/c1-14-44(6)60(54(84-10)39-57(78)75-34-22-25-53(75)61(85-11)45(7)62(79)68-48(28-30-56(77)72-83)37-46-23-18-17-19-24-46)74(9)65(82)58(42(2)3)71-64(81)59(43(4)5)73(8)33-21-16-15-20-26-55(76)66-31-35-86-36-32-67-63(80)47-27-29-49-50(38-47)70-52(41-88-13)51(69-49)40-87-12/h17-19,23-24,27-30,38,42-45,48,53-54,58-61,83H,14-16,20-22,25-26,31-37,39-41H2,1-13H3,(H,66,76)(H,67,80)(H,68,79)(H,71,81)(H,72,77)/b30-28+/t44-,45+,48+,53-,54+,58-,59-,60-,61+/m0/s1. The molecule has 7 amide bonds. The number of ether oxygens (including phenoxy) is 3. The van der Waals surface area contributed by atoms with Gasteiger partial charge in [-0.05, 0) is 99.7 Å². The number of carbonyl (C=O) groups excluding carboxylic acids is 7. The molecule has 2 aromatic carbocycles. The molecule has 490 valence electrons. The molecule has 0 bridgehead atoms. The number of rotatable bonds is 40. The molecule has 0 radical (unpaired) electrons. The highest BCUT2D eigenvalue weighted by atomic mass is 32.2. The number of nitrogens with one attached hydrogen (secondary N) is 5. The van der Waals surface area contributed by atoms with E-state index in [0.29, 0.717) is 82.6 Å². The number of hydrogen-bond donors (Lipinski definition) is 6. The molecule has 0 aliphatic carbocycles. The van der Waals surface area contributed by atoms with Crippen molar-refractivity contribution in [2.45, 2.75) is 167 Å². The van der Waals surface area contributed by atoms with Gasteiger partial charge < -0.3 is 45.3 Å². The van der Waals surface area contributed by atoms with Gasteiger partial charge >= 0.3 is 0 Å². The highest BCUT2D eigenvalue weighted by Crippen LogP contribution is 2.30. The third-order valence-electron chi connectivity index (χ3n) is 16.5. The van der Waals surface area contributed by atoms with Gasteiger partial charge in [0.1, 0.15) is 6.04 Å². The zero-order valence-corrected chi connectivity index (χ0v) is 56.1. The summed E-state index contributed by atoms with van der Waals surface area (Å²) in [6.45, 7) is 16.0. The smallest absolute Gasteiger partial charge is 0.267 e. The predicted octanol–water partition coefficient (Wildman–Crippen LogP) is 6.98. The predicted molar refractivity (Wildman–Crippen MR) is 349 cm³/mol. The van der Waals surface area contributed by atoms with Crippen LogP contribution in [0.2, 0.25) is 0 Å². The number of amides is 7. The number of hydroxylamine groups is 1. The largest absolute Gasteiger partial charge is 0.379 e. The summed E-state index contributed by atoms with van der Waals surface area (Å²) in [4.78, 5) is 110. The molecule has 3 aromatic rings. The van der Waals surface area contributed by atoms with E-state index in [1.165, 1.54) is 13.2 Å². The number of unbranched alkanes of at least 4 members (excludes halogenated alkanes) is 3. The summed E-state index contributed by atoms with van der Waals surface area (Å²) in [7, 11) is 6.72. The van der Waals surface area contributed by atoms with Crippen LogP contribution >= 0.6 is 23.5 Å². The molecular weight excluding hydrogens is 1160 g/mol. The van der Waals surface area contributed by atoms with E-state index in [4.69, 9.17) is 29.4 Å². The van der Waals surface area contributed by atoms with E-state index >= 15 is 0 Å². The topological polar surface area (TPSA) is 263 Å². The molecule has 1 fully saturated rings. The lowest BCUT2D eigenvalue weighted by Crippen LogP contribution is -2.60. The molecule has 4 rings (SSSR count). The van der Waals surface area contributed by atoms with Crippen LogP contribution in [0.25, 0.3) is 11.0 Å². The molecule has 9 atom stereocenters. The lowest BCUT2D eigenvalue weighted by molar-refractivity contribution is -0.148. The first-order valence-corrected chi connectivity index (χ1v) is 33.9. The number of likely N-dealkylation sites (N-methyl/N-ethyl adjacent to an activating group) is 2. The van der Waals surface area contributed by atoms with E-state index in [1.807, 2.05) is 102 Å². The average molecular weight is 1260 g/mol. The van der Waals surface area contributed by atoms with E-state index < -0.39 is 54.2 Å². The molecule has 0 spiro atoms. The third-order valence-corrected chi connectivity index (χ3v) is 17.6. The fraction of sp³-hybridized carbons (Fsp3) is 0.646. The Kier molecular flexibility index (Phi) is 33.5. The lowest BCUT2D eigenvalue weighted by Gasteiger charge is -2.41. The summed E-state index contributed by atoms with van der Waals surface area (Å²) in [6, 6.07) is 11.9. The molecule has 6 N–H and O–H groups in total. The van der Waals surface area contributed by atoms with E-state index in [2.05, 4.69) is 21.3 Å². The molecule has 1 saturated heterocycles. The average Bonchev–Trinajstić information content (AvgIpc) is 2.71. The molecular formula is C65H102N10O11S2. The van der Waals surface area contributed by atoms with Crippen molar-refractivity contribution in [3.05, 3.63) is 83.2 Å². The summed E-state index contributed by atoms with van der Waals surface area (Å²) in [6.07, 6.45) is 11.4. The highest BCUT2D eigenvalue weighted by molar-refractivity contribution is 7.98. The molecule has 1 aliphatic heterocycles. The minimum atomic E-state index is -0.861. The van der Waals surface area contributed by atoms with Gasteiger partial charge in [-0.2, -0.15) is 23.5 Å². The van der Waals surface area contributed by atoms with Crippen LogP contribution in [0.15, 0.2) is 60.7 Å². The number of aromatic nitrogens is 2. The molecule has 2 heterocycles. The van der Waals surface area contributed by atoms with Crippen molar-refractivity contribution in [3.63, 3.8) is 0 Å². The van der Waals surface area contributed by atoms with E-state index in [-0.39, 0.29) is 59.6 Å². The Morgan fingerprint density at radius 1 is 0.807 bits per heavy atom. The Hall–Kier alpha value is -5.69. The van der Waals surface area contributed by atoms with Gasteiger partial charge in [0.15, 0.2) is 0 Å². The zero-order chi connectivity index (χ0) is 64.9. The van der Waals surface area contributed by atoms with Gasteiger partial charge in [0.2, 0.25) is 29.5 Å². The fourth-order valence-electron chi connectivity index (χ4n) is 11.6. The van der Waals surface area contributed by atoms with Crippen LogP contribution in [0, 0.1) is 23.7 Å². The summed E-state index contributed by atoms with van der Waals surface area (Å²) in [5.41, 5.74) is 6.38. The number of benzene rings is 2. The van der Waals surface area contributed by atoms with Crippen LogP contribution in [-0.2, 0) is 60.9 Å². The lowest BCUT2D eigenvalue weighted by atomic mass is 9.89. The first-order chi connectivity index (χ1) is 42.1. The Labute approximate surface area is 531 Å². The minimum absolute atomic E-state index is 0.0369. The molecule has 88 heavy (non-hydrogen) atoms. The van der Waals surface area contributed by atoms with Gasteiger partial charge in [0.05, 0.1) is 84.3 Å². The number of fused-ring (bicyclic) bond motifs is 1. The summed E-state index contributed by atoms with van der Waals surface area (Å²) in [5, 5.41) is 21.0. The fourth-order valence-corrected chi connectivity index (χ4v) is 12.6. The Bertz CT molecular complexity index is 2710. The van der Waals surface area contributed by atoms with Gasteiger partial charge in [-0.15, -0.1) is 0 Å². The van der Waals surface area contributed by atoms with Gasteiger partial charge in [0, 0.05) is 70.5 Å². The van der Waals surface area contributed by atoms with Crippen molar-refractivity contribution in [3.8, 4) is 0 Å². The third kappa shape index (κ3) is 23.3. The zero-order valence-electron chi connectivity index (χ0n) is 54.4. The second kappa shape index (κ2) is 39.4. The number of thioether (sulfide) groups is 2. The number of likely N-dealkylation sites (tertiary alicyclic amines) is 1. The maximum Gasteiger partial charge on any atom is 0.267 e. The first-order valence-electron chi connectivity index (χ1n) is 31.1. The van der Waals surface area contributed by atoms with Crippen LogP contribution in [-0.4, -0.2) is 194 Å². The van der Waals surface area contributed by atoms with Crippen molar-refractivity contribution < 1.29 is 53.0 Å². The number of nitrogens with zero attached hydrogens (tertiary/aromatic N) is 5. The molecule has 0 saturated carbocycles.